The number of allylic oxidation sites excluding steroid dienone is 11. The second kappa shape index (κ2) is 64.1. The maximum absolute atomic E-state index is 12.5. The molecular weight excluding hydrogens is 891 g/mol. The molecule has 0 saturated heterocycles. The molecule has 0 fully saturated rings. The second-order valence-corrected chi connectivity index (χ2v) is 22.2. The van der Waals surface area contributed by atoms with Crippen molar-refractivity contribution in [2.45, 2.75) is 353 Å². The lowest BCUT2D eigenvalue weighted by atomic mass is 10.0. The summed E-state index contributed by atoms with van der Waals surface area (Å²) in [5.41, 5.74) is 0. The number of aliphatic hydroxyl groups is 2. The van der Waals surface area contributed by atoms with Crippen LogP contribution in [0.15, 0.2) is 72.9 Å². The van der Waals surface area contributed by atoms with Crippen LogP contribution < -0.4 is 5.32 Å². The number of carbonyl (C=O) groups is 1. The molecule has 1 amide bonds. The molecular formula is C69H127NO3. The minimum Gasteiger partial charge on any atom is -0.394 e. The van der Waals surface area contributed by atoms with Crippen molar-refractivity contribution in [1.82, 2.24) is 5.32 Å². The molecule has 2 unspecified atom stereocenters. The lowest BCUT2D eigenvalue weighted by Crippen LogP contribution is -2.45. The lowest BCUT2D eigenvalue weighted by molar-refractivity contribution is -0.123. The zero-order valence-corrected chi connectivity index (χ0v) is 49.2. The SMILES string of the molecule is CCCCCCC/C=C\C/C=C\C/C=C\CCCCCCCCCCCCCCCCCCCCCCCCC(=O)NC(CO)C(O)/C=C/CC/C=C/CC/C=C/CCCCCCCCCCCCCCCC. The molecule has 2 atom stereocenters. The highest BCUT2D eigenvalue weighted by Crippen LogP contribution is 2.17. The van der Waals surface area contributed by atoms with Gasteiger partial charge < -0.3 is 15.5 Å². The van der Waals surface area contributed by atoms with E-state index < -0.39 is 12.1 Å². The van der Waals surface area contributed by atoms with E-state index >= 15 is 0 Å². The molecule has 0 aliphatic rings. The average molecular weight is 1020 g/mol. The largest absolute Gasteiger partial charge is 0.394 e. The van der Waals surface area contributed by atoms with Gasteiger partial charge in [0, 0.05) is 6.42 Å². The number of nitrogens with one attached hydrogen (secondary N) is 1. The Morgan fingerprint density at radius 1 is 0.329 bits per heavy atom. The van der Waals surface area contributed by atoms with Crippen molar-refractivity contribution < 1.29 is 15.0 Å². The summed E-state index contributed by atoms with van der Waals surface area (Å²) in [4.78, 5) is 12.5. The van der Waals surface area contributed by atoms with Gasteiger partial charge in [-0.1, -0.05) is 324 Å². The van der Waals surface area contributed by atoms with Crippen LogP contribution in [0.5, 0.6) is 0 Å². The van der Waals surface area contributed by atoms with Gasteiger partial charge in [0.1, 0.15) is 0 Å². The third kappa shape index (κ3) is 60.6. The molecule has 0 aromatic rings. The van der Waals surface area contributed by atoms with Crippen molar-refractivity contribution >= 4 is 5.91 Å². The van der Waals surface area contributed by atoms with Gasteiger partial charge in [0.05, 0.1) is 18.8 Å². The Labute approximate surface area is 457 Å². The Bertz CT molecular complexity index is 1250. The van der Waals surface area contributed by atoms with Crippen LogP contribution in [0.4, 0.5) is 0 Å². The van der Waals surface area contributed by atoms with Gasteiger partial charge >= 0.3 is 0 Å². The van der Waals surface area contributed by atoms with E-state index in [-0.39, 0.29) is 12.5 Å². The summed E-state index contributed by atoms with van der Waals surface area (Å²) in [6, 6.07) is -0.648. The van der Waals surface area contributed by atoms with Crippen LogP contribution in [0.1, 0.15) is 341 Å². The molecule has 0 bridgehead atoms. The van der Waals surface area contributed by atoms with Crippen molar-refractivity contribution in [1.29, 1.82) is 0 Å². The van der Waals surface area contributed by atoms with Gasteiger partial charge in [-0.3, -0.25) is 4.79 Å². The average Bonchev–Trinajstić information content (AvgIpc) is 3.40. The summed E-state index contributed by atoms with van der Waals surface area (Å²) >= 11 is 0. The third-order valence-electron chi connectivity index (χ3n) is 14.9. The maximum Gasteiger partial charge on any atom is 0.220 e. The zero-order chi connectivity index (χ0) is 52.7. The molecule has 0 heterocycles. The molecule has 4 nitrogen and oxygen atoms in total. The molecule has 0 aliphatic carbocycles. The molecule has 0 radical (unpaired) electrons. The Morgan fingerprint density at radius 3 is 0.890 bits per heavy atom. The summed E-state index contributed by atoms with van der Waals surface area (Å²) in [6.45, 7) is 4.31. The number of amides is 1. The monoisotopic (exact) mass is 1020 g/mol. The fourth-order valence-electron chi connectivity index (χ4n) is 9.93. The van der Waals surface area contributed by atoms with Crippen LogP contribution in [0, 0.1) is 0 Å². The molecule has 73 heavy (non-hydrogen) atoms. The van der Waals surface area contributed by atoms with Gasteiger partial charge in [0.2, 0.25) is 5.91 Å². The van der Waals surface area contributed by atoms with Crippen LogP contribution >= 0.6 is 0 Å². The standard InChI is InChI=1S/C69H127NO3/c1-3-5-7-9-11-13-15-17-19-21-23-25-27-29-30-31-32-33-34-35-36-37-38-39-40-41-43-45-47-49-51-53-55-57-59-61-63-65-69(73)70-67(66-71)68(72)64-62-60-58-56-54-52-50-48-46-44-42-28-26-24-22-20-18-16-14-12-10-8-6-4-2/h15,17,21,23,27,29,46,48,54,56,62,64,67-68,71-72H,3-14,16,18-20,22,24-26,28,30-45,47,49-53,55,57-61,63,65-66H2,1-2H3,(H,70,73)/b17-15-,23-21-,29-27-,48-46+,56-54+,64-62+. The molecule has 3 N–H and O–H groups in total. The molecule has 0 rings (SSSR count). The van der Waals surface area contributed by atoms with E-state index in [0.717, 1.165) is 51.4 Å². The predicted molar refractivity (Wildman–Crippen MR) is 327 cm³/mol. The minimum atomic E-state index is -0.873. The molecule has 0 aromatic carbocycles. The molecule has 0 aliphatic heterocycles. The Hall–Kier alpha value is -2.17. The van der Waals surface area contributed by atoms with Gasteiger partial charge in [0.15, 0.2) is 0 Å². The quantitative estimate of drug-likeness (QED) is 0.0420. The van der Waals surface area contributed by atoms with Gasteiger partial charge in [-0.15, -0.1) is 0 Å². The molecule has 426 valence electrons. The van der Waals surface area contributed by atoms with E-state index in [2.05, 4.69) is 79.9 Å². The Morgan fingerprint density at radius 2 is 0.575 bits per heavy atom. The van der Waals surface area contributed by atoms with Crippen LogP contribution in [0.2, 0.25) is 0 Å². The van der Waals surface area contributed by atoms with E-state index in [1.165, 1.54) is 270 Å². The normalized spacial score (nSPS) is 13.2. The maximum atomic E-state index is 12.5. The number of hydrogen-bond donors (Lipinski definition) is 3. The second-order valence-electron chi connectivity index (χ2n) is 22.2. The molecule has 0 aromatic heterocycles. The van der Waals surface area contributed by atoms with Crippen molar-refractivity contribution in [2.75, 3.05) is 6.61 Å². The van der Waals surface area contributed by atoms with E-state index in [1.807, 2.05) is 6.08 Å². The first kappa shape index (κ1) is 70.8. The third-order valence-corrected chi connectivity index (χ3v) is 14.9. The molecule has 0 spiro atoms. The summed E-state index contributed by atoms with van der Waals surface area (Å²) in [6.07, 6.45) is 92.5. The minimum absolute atomic E-state index is 0.0735. The topological polar surface area (TPSA) is 69.6 Å². The van der Waals surface area contributed by atoms with Gasteiger partial charge in [-0.2, -0.15) is 0 Å². The van der Waals surface area contributed by atoms with Gasteiger partial charge in [0.25, 0.3) is 0 Å². The highest BCUT2D eigenvalue weighted by molar-refractivity contribution is 5.76. The Balaban J connectivity index is 3.49. The number of carbonyl (C=O) groups excluding carboxylic acids is 1. The van der Waals surface area contributed by atoms with Gasteiger partial charge in [-0.25, -0.2) is 0 Å². The van der Waals surface area contributed by atoms with Crippen LogP contribution in [0.3, 0.4) is 0 Å². The van der Waals surface area contributed by atoms with E-state index in [0.29, 0.717) is 6.42 Å². The number of aliphatic hydroxyl groups excluding tert-OH is 2. The van der Waals surface area contributed by atoms with E-state index in [1.54, 1.807) is 6.08 Å². The molecule has 4 heteroatoms. The highest BCUT2D eigenvalue weighted by atomic mass is 16.3. The van der Waals surface area contributed by atoms with Crippen LogP contribution in [-0.2, 0) is 4.79 Å². The number of rotatable bonds is 60. The number of unbranched alkanes of at least 4 members (excludes halogenated alkanes) is 43. The fraction of sp³-hybridized carbons (Fsp3) is 0.812. The zero-order valence-electron chi connectivity index (χ0n) is 49.2. The van der Waals surface area contributed by atoms with Gasteiger partial charge in [-0.05, 0) is 83.5 Å². The number of hydrogen-bond acceptors (Lipinski definition) is 3. The summed E-state index contributed by atoms with van der Waals surface area (Å²) in [7, 11) is 0. The summed E-state index contributed by atoms with van der Waals surface area (Å²) in [5.74, 6) is -0.0735. The van der Waals surface area contributed by atoms with Crippen molar-refractivity contribution in [2.24, 2.45) is 0 Å². The van der Waals surface area contributed by atoms with Crippen molar-refractivity contribution in [3.8, 4) is 0 Å². The van der Waals surface area contributed by atoms with E-state index in [9.17, 15) is 15.0 Å². The smallest absolute Gasteiger partial charge is 0.220 e. The van der Waals surface area contributed by atoms with Crippen molar-refractivity contribution in [3.05, 3.63) is 72.9 Å². The highest BCUT2D eigenvalue weighted by Gasteiger charge is 2.18. The first-order valence-electron chi connectivity index (χ1n) is 32.7. The van der Waals surface area contributed by atoms with Crippen molar-refractivity contribution in [3.63, 3.8) is 0 Å². The molecule has 0 saturated carbocycles. The lowest BCUT2D eigenvalue weighted by Gasteiger charge is -2.19. The Kier molecular flexibility index (Phi) is 62.2. The predicted octanol–water partition coefficient (Wildman–Crippen LogP) is 22.1. The van der Waals surface area contributed by atoms with Crippen LogP contribution in [-0.4, -0.2) is 34.9 Å². The van der Waals surface area contributed by atoms with E-state index in [4.69, 9.17) is 0 Å². The first-order chi connectivity index (χ1) is 36.2. The summed E-state index contributed by atoms with van der Waals surface area (Å²) < 4.78 is 0. The first-order valence-corrected chi connectivity index (χ1v) is 32.7. The van der Waals surface area contributed by atoms with Crippen LogP contribution in [0.25, 0.3) is 0 Å². The fourth-order valence-corrected chi connectivity index (χ4v) is 9.93. The summed E-state index contributed by atoms with van der Waals surface area (Å²) in [5, 5.41) is 23.2.